The van der Waals surface area contributed by atoms with Gasteiger partial charge >= 0.3 is 0 Å². The highest BCUT2D eigenvalue weighted by atomic mass is 16.5. The average Bonchev–Trinajstić information content (AvgIpc) is 2.10. The largest absolute Gasteiger partial charge is 0.384 e. The first-order valence-electron chi connectivity index (χ1n) is 8.23. The van der Waals surface area contributed by atoms with Crippen molar-refractivity contribution in [1.82, 2.24) is 0 Å². The van der Waals surface area contributed by atoms with E-state index < -0.39 is 0 Å². The van der Waals surface area contributed by atoms with E-state index in [2.05, 4.69) is 62.3 Å². The van der Waals surface area contributed by atoms with Crippen molar-refractivity contribution >= 4 is 7.28 Å². The summed E-state index contributed by atoms with van der Waals surface area (Å²) in [7, 11) is 1.06. The molecule has 0 bridgehead atoms. The zero-order chi connectivity index (χ0) is 16.0. The molecule has 0 saturated carbocycles. The van der Waals surface area contributed by atoms with E-state index in [-0.39, 0.29) is 10.8 Å². The summed E-state index contributed by atoms with van der Waals surface area (Å²) in [5, 5.41) is 0.232. The molecule has 0 rings (SSSR count). The van der Waals surface area contributed by atoms with E-state index in [1.165, 1.54) is 0 Å². The van der Waals surface area contributed by atoms with Crippen molar-refractivity contribution in [2.24, 2.45) is 5.92 Å². The highest BCUT2D eigenvalue weighted by Crippen LogP contribution is 2.34. The van der Waals surface area contributed by atoms with Gasteiger partial charge in [-0.05, 0) is 53.4 Å². The second-order valence-electron chi connectivity index (χ2n) is 8.33. The van der Waals surface area contributed by atoms with Gasteiger partial charge in [-0.15, -0.1) is 0 Å². The molecule has 0 aromatic carbocycles. The quantitative estimate of drug-likeness (QED) is 0.545. The molecule has 0 amide bonds. The van der Waals surface area contributed by atoms with E-state index in [1.54, 1.807) is 0 Å². The Kier molecular flexibility index (Phi) is 8.43. The van der Waals surface area contributed by atoms with Crippen LogP contribution in [0.15, 0.2) is 0 Å². The molecule has 0 spiro atoms. The molecule has 1 unspecified atom stereocenters. The standard InChI is InChI=1S/C17H37BO2/c1-13(2)10-11-19-17(8,9)18-16(6,7)12-15(5)20-14(3)4/h13-15,18H,10-12H2,1-9H3. The lowest BCUT2D eigenvalue weighted by Crippen LogP contribution is -2.40. The smallest absolute Gasteiger partial charge is 0.167 e. The zero-order valence-electron chi connectivity index (χ0n) is 15.4. The normalized spacial score (nSPS) is 14.9. The summed E-state index contributed by atoms with van der Waals surface area (Å²) >= 11 is 0. The molecule has 120 valence electrons. The van der Waals surface area contributed by atoms with E-state index in [0.717, 1.165) is 26.7 Å². The Hall–Kier alpha value is -0.0151. The van der Waals surface area contributed by atoms with Gasteiger partial charge in [0.05, 0.1) is 12.2 Å². The van der Waals surface area contributed by atoms with Gasteiger partial charge in [-0.1, -0.05) is 33.0 Å². The van der Waals surface area contributed by atoms with Crippen LogP contribution < -0.4 is 0 Å². The molecule has 0 aromatic rings. The van der Waals surface area contributed by atoms with Gasteiger partial charge in [0.25, 0.3) is 0 Å². The Labute approximate surface area is 128 Å². The topological polar surface area (TPSA) is 18.5 Å². The van der Waals surface area contributed by atoms with Gasteiger partial charge in [-0.3, -0.25) is 0 Å². The molecular formula is C17H37BO2. The van der Waals surface area contributed by atoms with Crippen LogP contribution in [0.25, 0.3) is 0 Å². The van der Waals surface area contributed by atoms with Crippen molar-refractivity contribution in [3.63, 3.8) is 0 Å². The van der Waals surface area contributed by atoms with Crippen molar-refractivity contribution in [2.75, 3.05) is 6.61 Å². The third-order valence-electron chi connectivity index (χ3n) is 3.44. The molecule has 1 atom stereocenters. The predicted molar refractivity (Wildman–Crippen MR) is 91.0 cm³/mol. The zero-order valence-corrected chi connectivity index (χ0v) is 15.4. The van der Waals surface area contributed by atoms with Crippen molar-refractivity contribution in [3.8, 4) is 0 Å². The van der Waals surface area contributed by atoms with E-state index >= 15 is 0 Å². The molecule has 0 N–H and O–H groups in total. The van der Waals surface area contributed by atoms with Crippen LogP contribution >= 0.6 is 0 Å². The summed E-state index contributed by atoms with van der Waals surface area (Å²) in [6.07, 6.45) is 2.81. The minimum Gasteiger partial charge on any atom is -0.384 e. The Balaban J connectivity index is 4.27. The van der Waals surface area contributed by atoms with Crippen LogP contribution in [-0.4, -0.2) is 31.6 Å². The first-order valence-corrected chi connectivity index (χ1v) is 8.23. The fourth-order valence-electron chi connectivity index (χ4n) is 3.14. The average molecular weight is 284 g/mol. The van der Waals surface area contributed by atoms with Crippen LogP contribution in [-0.2, 0) is 9.47 Å². The second kappa shape index (κ2) is 8.43. The Morgan fingerprint density at radius 2 is 1.50 bits per heavy atom. The summed E-state index contributed by atoms with van der Waals surface area (Å²) in [5.41, 5.74) is -0.0596. The minimum atomic E-state index is -0.0596. The van der Waals surface area contributed by atoms with Crippen LogP contribution in [0.1, 0.15) is 75.2 Å². The maximum Gasteiger partial charge on any atom is 0.167 e. The molecule has 20 heavy (non-hydrogen) atoms. The van der Waals surface area contributed by atoms with Crippen LogP contribution in [0.2, 0.25) is 5.31 Å². The van der Waals surface area contributed by atoms with Gasteiger partial charge in [0.2, 0.25) is 0 Å². The Morgan fingerprint density at radius 3 is 1.95 bits per heavy atom. The van der Waals surface area contributed by atoms with E-state index in [4.69, 9.17) is 9.47 Å². The maximum absolute atomic E-state index is 6.10. The van der Waals surface area contributed by atoms with E-state index in [9.17, 15) is 0 Å². The monoisotopic (exact) mass is 284 g/mol. The molecule has 0 aliphatic rings. The highest BCUT2D eigenvalue weighted by molar-refractivity contribution is 6.43. The number of ether oxygens (including phenoxy) is 2. The summed E-state index contributed by atoms with van der Waals surface area (Å²) < 4.78 is 12.0. The Bertz CT molecular complexity index is 260. The first-order chi connectivity index (χ1) is 8.93. The number of hydrogen-bond acceptors (Lipinski definition) is 2. The lowest BCUT2D eigenvalue weighted by molar-refractivity contribution is 0.00630. The number of rotatable bonds is 10. The van der Waals surface area contributed by atoms with E-state index in [0.29, 0.717) is 18.1 Å². The fraction of sp³-hybridized carbons (Fsp3) is 1.00. The molecule has 0 fully saturated rings. The van der Waals surface area contributed by atoms with Crippen molar-refractivity contribution in [3.05, 3.63) is 0 Å². The maximum atomic E-state index is 6.10. The molecule has 0 aromatic heterocycles. The molecule has 0 radical (unpaired) electrons. The predicted octanol–water partition coefficient (Wildman–Crippen LogP) is 4.62. The van der Waals surface area contributed by atoms with Crippen LogP contribution in [0.5, 0.6) is 0 Å². The van der Waals surface area contributed by atoms with Gasteiger partial charge in [-0.25, -0.2) is 0 Å². The molecule has 0 aliphatic heterocycles. The summed E-state index contributed by atoms with van der Waals surface area (Å²) in [5.74, 6) is 0.707. The molecule has 2 nitrogen and oxygen atoms in total. The third kappa shape index (κ3) is 10.7. The van der Waals surface area contributed by atoms with Crippen LogP contribution in [0, 0.1) is 5.92 Å². The second-order valence-corrected chi connectivity index (χ2v) is 8.33. The molecule has 0 aliphatic carbocycles. The lowest BCUT2D eigenvalue weighted by atomic mass is 9.44. The van der Waals surface area contributed by atoms with Gasteiger partial charge in [-0.2, -0.15) is 0 Å². The fourth-order valence-corrected chi connectivity index (χ4v) is 3.14. The molecule has 0 heterocycles. The molecule has 0 saturated heterocycles. The summed E-state index contributed by atoms with van der Waals surface area (Å²) in [4.78, 5) is 0. The van der Waals surface area contributed by atoms with Crippen molar-refractivity contribution in [1.29, 1.82) is 0 Å². The molecular weight excluding hydrogens is 247 g/mol. The molecule has 3 heteroatoms. The van der Waals surface area contributed by atoms with Gasteiger partial charge in [0.1, 0.15) is 0 Å². The van der Waals surface area contributed by atoms with Gasteiger partial charge < -0.3 is 9.47 Å². The van der Waals surface area contributed by atoms with E-state index in [1.807, 2.05) is 0 Å². The third-order valence-corrected chi connectivity index (χ3v) is 3.44. The van der Waals surface area contributed by atoms with Crippen LogP contribution in [0.4, 0.5) is 0 Å². The van der Waals surface area contributed by atoms with Gasteiger partial charge in [0.15, 0.2) is 7.28 Å². The van der Waals surface area contributed by atoms with Gasteiger partial charge in [0, 0.05) is 12.1 Å². The minimum absolute atomic E-state index is 0.0596. The highest BCUT2D eigenvalue weighted by Gasteiger charge is 2.33. The van der Waals surface area contributed by atoms with Crippen molar-refractivity contribution in [2.45, 2.75) is 98.2 Å². The first kappa shape index (κ1) is 20.0. The van der Waals surface area contributed by atoms with Crippen LogP contribution in [0.3, 0.4) is 0 Å². The SMILES string of the molecule is CC(C)CCOC(C)(C)BC(C)(C)CC(C)OC(C)C. The van der Waals surface area contributed by atoms with Crippen molar-refractivity contribution < 1.29 is 9.47 Å². The summed E-state index contributed by atoms with van der Waals surface area (Å²) in [6.45, 7) is 20.8. The number of hydrogen-bond donors (Lipinski definition) is 0. The lowest BCUT2D eigenvalue weighted by Gasteiger charge is -2.35. The Morgan fingerprint density at radius 1 is 0.950 bits per heavy atom. The summed E-state index contributed by atoms with van der Waals surface area (Å²) in [6, 6.07) is 0.